The molecule has 1 heterocycles. The number of anilines is 1. The van der Waals surface area contributed by atoms with Gasteiger partial charge >= 0.3 is 6.18 Å². The molecule has 0 aliphatic rings. The summed E-state index contributed by atoms with van der Waals surface area (Å²) in [6, 6.07) is 9.95. The van der Waals surface area contributed by atoms with Gasteiger partial charge in [0.15, 0.2) is 0 Å². The number of alkyl halides is 3. The van der Waals surface area contributed by atoms with E-state index < -0.39 is 11.7 Å². The van der Waals surface area contributed by atoms with Gasteiger partial charge in [-0.1, -0.05) is 23.7 Å². The molecule has 0 unspecified atom stereocenters. The van der Waals surface area contributed by atoms with Crippen molar-refractivity contribution in [3.63, 3.8) is 0 Å². The van der Waals surface area contributed by atoms with Crippen LogP contribution in [-0.4, -0.2) is 9.55 Å². The third-order valence-electron chi connectivity index (χ3n) is 3.09. The summed E-state index contributed by atoms with van der Waals surface area (Å²) < 4.78 is 40.7. The number of imidazole rings is 1. The van der Waals surface area contributed by atoms with E-state index in [2.05, 4.69) is 4.98 Å². The van der Waals surface area contributed by atoms with E-state index in [4.69, 9.17) is 17.3 Å². The van der Waals surface area contributed by atoms with Crippen molar-refractivity contribution in [2.75, 3.05) is 5.73 Å². The summed E-state index contributed by atoms with van der Waals surface area (Å²) in [4.78, 5) is 4.06. The second kappa shape index (κ2) is 4.66. The van der Waals surface area contributed by atoms with Crippen molar-refractivity contribution < 1.29 is 13.2 Å². The Morgan fingerprint density at radius 1 is 1.10 bits per heavy atom. The minimum Gasteiger partial charge on any atom is -0.369 e. The number of rotatable bonds is 1. The van der Waals surface area contributed by atoms with Gasteiger partial charge in [-0.05, 0) is 30.3 Å². The first-order valence-corrected chi connectivity index (χ1v) is 6.36. The van der Waals surface area contributed by atoms with E-state index in [-0.39, 0.29) is 11.6 Å². The van der Waals surface area contributed by atoms with Crippen LogP contribution in [0.25, 0.3) is 16.7 Å². The fourth-order valence-electron chi connectivity index (χ4n) is 2.23. The third-order valence-corrected chi connectivity index (χ3v) is 3.33. The molecule has 0 saturated heterocycles. The van der Waals surface area contributed by atoms with E-state index >= 15 is 0 Å². The molecule has 3 rings (SSSR count). The van der Waals surface area contributed by atoms with Crippen molar-refractivity contribution in [1.29, 1.82) is 0 Å². The zero-order valence-corrected chi connectivity index (χ0v) is 11.3. The summed E-state index contributed by atoms with van der Waals surface area (Å²) in [7, 11) is 0. The van der Waals surface area contributed by atoms with Gasteiger partial charge in [-0.25, -0.2) is 4.98 Å². The third kappa shape index (κ3) is 2.31. The van der Waals surface area contributed by atoms with E-state index in [0.717, 1.165) is 6.07 Å². The number of aromatic nitrogens is 2. The Bertz CT molecular complexity index is 824. The monoisotopic (exact) mass is 311 g/mol. The molecule has 0 atom stereocenters. The van der Waals surface area contributed by atoms with Crippen molar-refractivity contribution in [3.8, 4) is 5.69 Å². The SMILES string of the molecule is Nc1nc2cc(Cl)ccc2n1-c1ccccc1C(F)(F)F. The topological polar surface area (TPSA) is 43.8 Å². The van der Waals surface area contributed by atoms with Crippen LogP contribution >= 0.6 is 11.6 Å². The first-order chi connectivity index (χ1) is 9.88. The zero-order valence-electron chi connectivity index (χ0n) is 10.5. The highest BCUT2D eigenvalue weighted by atomic mass is 35.5. The second-order valence-corrected chi connectivity index (χ2v) is 4.89. The smallest absolute Gasteiger partial charge is 0.369 e. The first kappa shape index (κ1) is 13.8. The lowest BCUT2D eigenvalue weighted by Gasteiger charge is -2.14. The molecule has 108 valence electrons. The van der Waals surface area contributed by atoms with Crippen LogP contribution in [0, 0.1) is 0 Å². The number of para-hydroxylation sites is 1. The minimum atomic E-state index is -4.48. The Morgan fingerprint density at radius 2 is 1.81 bits per heavy atom. The van der Waals surface area contributed by atoms with Crippen LogP contribution in [0.1, 0.15) is 5.56 Å². The highest BCUT2D eigenvalue weighted by Crippen LogP contribution is 2.36. The largest absolute Gasteiger partial charge is 0.418 e. The lowest BCUT2D eigenvalue weighted by atomic mass is 10.1. The summed E-state index contributed by atoms with van der Waals surface area (Å²) in [5.41, 5.74) is 5.86. The zero-order chi connectivity index (χ0) is 15.2. The number of halogens is 4. The van der Waals surface area contributed by atoms with E-state index in [1.165, 1.54) is 22.8 Å². The number of hydrogen-bond donors (Lipinski definition) is 1. The Morgan fingerprint density at radius 3 is 2.52 bits per heavy atom. The van der Waals surface area contributed by atoms with Crippen molar-refractivity contribution in [2.24, 2.45) is 0 Å². The molecular formula is C14H9ClF3N3. The van der Waals surface area contributed by atoms with Crippen molar-refractivity contribution in [2.45, 2.75) is 6.18 Å². The number of nitrogens with zero attached hydrogens (tertiary/aromatic N) is 2. The standard InChI is InChI=1S/C14H9ClF3N3/c15-8-5-6-12-10(7-8)20-13(19)21(12)11-4-2-1-3-9(11)14(16,17)18/h1-7H,(H2,19,20). The van der Waals surface area contributed by atoms with E-state index in [0.29, 0.717) is 16.1 Å². The molecule has 21 heavy (non-hydrogen) atoms. The number of benzene rings is 2. The maximum atomic E-state index is 13.1. The molecule has 7 heteroatoms. The second-order valence-electron chi connectivity index (χ2n) is 4.45. The van der Waals surface area contributed by atoms with Crippen LogP contribution in [0.5, 0.6) is 0 Å². The van der Waals surface area contributed by atoms with Crippen molar-refractivity contribution >= 4 is 28.6 Å². The molecule has 2 N–H and O–H groups in total. The molecule has 0 fully saturated rings. The highest BCUT2D eigenvalue weighted by molar-refractivity contribution is 6.31. The van der Waals surface area contributed by atoms with Crippen LogP contribution in [0.4, 0.5) is 19.1 Å². The summed E-state index contributed by atoms with van der Waals surface area (Å²) in [6.07, 6.45) is -4.48. The summed E-state index contributed by atoms with van der Waals surface area (Å²) in [6.45, 7) is 0. The molecule has 0 aliphatic carbocycles. The highest BCUT2D eigenvalue weighted by Gasteiger charge is 2.34. The Hall–Kier alpha value is -2.21. The van der Waals surface area contributed by atoms with Gasteiger partial charge in [0.2, 0.25) is 5.95 Å². The van der Waals surface area contributed by atoms with E-state index in [1.807, 2.05) is 0 Å². The maximum absolute atomic E-state index is 13.1. The Kier molecular flexibility index (Phi) is 3.06. The summed E-state index contributed by atoms with van der Waals surface area (Å²) in [5.74, 6) is -0.0241. The molecule has 0 bridgehead atoms. The lowest BCUT2D eigenvalue weighted by Crippen LogP contribution is -2.12. The minimum absolute atomic E-state index is 0.0241. The Labute approximate surface area is 122 Å². The fourth-order valence-corrected chi connectivity index (χ4v) is 2.40. The molecule has 3 aromatic rings. The molecule has 0 saturated carbocycles. The fraction of sp³-hybridized carbons (Fsp3) is 0.0714. The van der Waals surface area contributed by atoms with Gasteiger partial charge in [-0.2, -0.15) is 13.2 Å². The molecule has 0 aliphatic heterocycles. The molecule has 2 aromatic carbocycles. The van der Waals surface area contributed by atoms with E-state index in [9.17, 15) is 13.2 Å². The Balaban J connectivity index is 2.34. The predicted octanol–water partition coefficient (Wildman–Crippen LogP) is 4.28. The van der Waals surface area contributed by atoms with Crippen LogP contribution in [0.3, 0.4) is 0 Å². The van der Waals surface area contributed by atoms with Gasteiger partial charge in [0, 0.05) is 5.02 Å². The lowest BCUT2D eigenvalue weighted by molar-refractivity contribution is -0.137. The van der Waals surface area contributed by atoms with Gasteiger partial charge in [0.05, 0.1) is 22.3 Å². The molecular weight excluding hydrogens is 303 g/mol. The van der Waals surface area contributed by atoms with Gasteiger partial charge in [0.1, 0.15) is 0 Å². The molecule has 0 spiro atoms. The normalized spacial score (nSPS) is 12.0. The van der Waals surface area contributed by atoms with Crippen LogP contribution in [0.15, 0.2) is 42.5 Å². The van der Waals surface area contributed by atoms with Crippen LogP contribution in [0.2, 0.25) is 5.02 Å². The molecule has 0 radical (unpaired) electrons. The number of hydrogen-bond acceptors (Lipinski definition) is 2. The predicted molar refractivity (Wildman–Crippen MR) is 75.5 cm³/mol. The first-order valence-electron chi connectivity index (χ1n) is 5.98. The van der Waals surface area contributed by atoms with Crippen LogP contribution in [-0.2, 0) is 6.18 Å². The van der Waals surface area contributed by atoms with Gasteiger partial charge in [-0.3, -0.25) is 4.57 Å². The van der Waals surface area contributed by atoms with Crippen molar-refractivity contribution in [3.05, 3.63) is 53.1 Å². The average molecular weight is 312 g/mol. The number of nitrogen functional groups attached to an aromatic ring is 1. The summed E-state index contributed by atoms with van der Waals surface area (Å²) >= 11 is 5.86. The quantitative estimate of drug-likeness (QED) is 0.729. The van der Waals surface area contributed by atoms with Crippen LogP contribution < -0.4 is 5.73 Å². The average Bonchev–Trinajstić information content (AvgIpc) is 2.72. The molecule has 3 nitrogen and oxygen atoms in total. The van der Waals surface area contributed by atoms with Gasteiger partial charge in [0.25, 0.3) is 0 Å². The number of nitrogens with two attached hydrogens (primary N) is 1. The summed E-state index contributed by atoms with van der Waals surface area (Å²) in [5, 5.41) is 0.441. The van der Waals surface area contributed by atoms with Gasteiger partial charge < -0.3 is 5.73 Å². The molecule has 0 amide bonds. The maximum Gasteiger partial charge on any atom is 0.418 e. The van der Waals surface area contributed by atoms with Gasteiger partial charge in [-0.15, -0.1) is 0 Å². The van der Waals surface area contributed by atoms with E-state index in [1.54, 1.807) is 18.2 Å². The number of fused-ring (bicyclic) bond motifs is 1. The van der Waals surface area contributed by atoms with Crippen molar-refractivity contribution in [1.82, 2.24) is 9.55 Å². The molecule has 1 aromatic heterocycles.